The fraction of sp³-hybridized carbons (Fsp3) is 0.600. The third-order valence-electron chi connectivity index (χ3n) is 3.53. The minimum absolute atomic E-state index is 0.0814. The van der Waals surface area contributed by atoms with Crippen LogP contribution < -0.4 is 5.73 Å². The van der Waals surface area contributed by atoms with Crippen molar-refractivity contribution in [1.29, 1.82) is 0 Å². The van der Waals surface area contributed by atoms with Crippen molar-refractivity contribution < 1.29 is 0 Å². The maximum atomic E-state index is 6.36. The first-order valence-electron chi connectivity index (χ1n) is 6.55. The Hall–Kier alpha value is -0.860. The van der Waals surface area contributed by atoms with Crippen LogP contribution in [0.25, 0.3) is 0 Å². The Morgan fingerprint density at radius 1 is 1.12 bits per heavy atom. The van der Waals surface area contributed by atoms with Crippen molar-refractivity contribution in [2.24, 2.45) is 5.73 Å². The summed E-state index contributed by atoms with van der Waals surface area (Å²) < 4.78 is 0. The summed E-state index contributed by atoms with van der Waals surface area (Å²) in [5, 5.41) is 0. The largest absolute Gasteiger partial charge is 0.323 e. The lowest BCUT2D eigenvalue weighted by Crippen LogP contribution is -2.44. The molecule has 2 nitrogen and oxygen atoms in total. The van der Waals surface area contributed by atoms with Crippen molar-refractivity contribution >= 4 is 0 Å². The Labute approximate surface area is 106 Å². The van der Waals surface area contributed by atoms with E-state index in [4.69, 9.17) is 5.73 Å². The van der Waals surface area contributed by atoms with E-state index in [-0.39, 0.29) is 6.04 Å². The highest BCUT2D eigenvalue weighted by Crippen LogP contribution is 2.20. The molecule has 96 valence electrons. The normalized spacial score (nSPS) is 15.3. The predicted molar refractivity (Wildman–Crippen MR) is 75.1 cm³/mol. The monoisotopic (exact) mass is 234 g/mol. The quantitative estimate of drug-likeness (QED) is 0.848. The topological polar surface area (TPSA) is 29.3 Å². The van der Waals surface area contributed by atoms with Crippen LogP contribution in [0, 0.1) is 6.92 Å². The SMILES string of the molecule is CCN(C(C)C)C(C)C(N)c1ccc(C)cc1. The molecule has 0 amide bonds. The minimum atomic E-state index is 0.0814. The summed E-state index contributed by atoms with van der Waals surface area (Å²) in [5.74, 6) is 0. The van der Waals surface area contributed by atoms with Crippen LogP contribution in [-0.4, -0.2) is 23.5 Å². The Kier molecular flexibility index (Phi) is 5.16. The molecular weight excluding hydrogens is 208 g/mol. The molecule has 2 unspecified atom stereocenters. The first-order chi connectivity index (χ1) is 7.97. The van der Waals surface area contributed by atoms with E-state index in [0.717, 1.165) is 6.54 Å². The van der Waals surface area contributed by atoms with E-state index in [1.807, 2.05) is 0 Å². The Bertz CT molecular complexity index is 329. The highest BCUT2D eigenvalue weighted by atomic mass is 15.2. The van der Waals surface area contributed by atoms with E-state index in [1.54, 1.807) is 0 Å². The first kappa shape index (κ1) is 14.2. The molecule has 1 aromatic rings. The van der Waals surface area contributed by atoms with Crippen molar-refractivity contribution in [1.82, 2.24) is 4.90 Å². The van der Waals surface area contributed by atoms with Gasteiger partial charge in [-0.1, -0.05) is 36.8 Å². The minimum Gasteiger partial charge on any atom is -0.323 e. The molecule has 0 radical (unpaired) electrons. The second kappa shape index (κ2) is 6.18. The summed E-state index contributed by atoms with van der Waals surface area (Å²) in [6.45, 7) is 12.0. The molecule has 0 aliphatic heterocycles. The summed E-state index contributed by atoms with van der Waals surface area (Å²) in [7, 11) is 0. The third-order valence-corrected chi connectivity index (χ3v) is 3.53. The van der Waals surface area contributed by atoms with Crippen LogP contribution in [0.3, 0.4) is 0 Å². The second-order valence-corrected chi connectivity index (χ2v) is 5.10. The lowest BCUT2D eigenvalue weighted by Gasteiger charge is -2.35. The maximum absolute atomic E-state index is 6.36. The molecule has 2 atom stereocenters. The van der Waals surface area contributed by atoms with Gasteiger partial charge in [0.15, 0.2) is 0 Å². The van der Waals surface area contributed by atoms with Gasteiger partial charge in [0.05, 0.1) is 0 Å². The molecule has 0 heterocycles. The lowest BCUT2D eigenvalue weighted by atomic mass is 9.98. The van der Waals surface area contributed by atoms with Gasteiger partial charge in [-0.15, -0.1) is 0 Å². The van der Waals surface area contributed by atoms with Crippen molar-refractivity contribution in [2.75, 3.05) is 6.54 Å². The number of hydrogen-bond acceptors (Lipinski definition) is 2. The average Bonchev–Trinajstić information content (AvgIpc) is 2.29. The van der Waals surface area contributed by atoms with Gasteiger partial charge in [0, 0.05) is 18.1 Å². The van der Waals surface area contributed by atoms with Crippen molar-refractivity contribution in [3.8, 4) is 0 Å². The fourth-order valence-corrected chi connectivity index (χ4v) is 2.40. The molecule has 0 saturated carbocycles. The Morgan fingerprint density at radius 2 is 1.65 bits per heavy atom. The van der Waals surface area contributed by atoms with Gasteiger partial charge >= 0.3 is 0 Å². The van der Waals surface area contributed by atoms with Gasteiger partial charge in [0.25, 0.3) is 0 Å². The van der Waals surface area contributed by atoms with Crippen LogP contribution in [0.15, 0.2) is 24.3 Å². The van der Waals surface area contributed by atoms with E-state index in [0.29, 0.717) is 12.1 Å². The molecule has 0 aliphatic carbocycles. The molecular formula is C15H26N2. The molecule has 1 rings (SSSR count). The summed E-state index contributed by atoms with van der Waals surface area (Å²) >= 11 is 0. The standard InChI is InChI=1S/C15H26N2/c1-6-17(11(2)3)13(5)15(16)14-9-7-12(4)8-10-14/h7-11,13,15H,6,16H2,1-5H3. The zero-order valence-electron chi connectivity index (χ0n) is 11.8. The number of hydrogen-bond donors (Lipinski definition) is 1. The van der Waals surface area contributed by atoms with E-state index in [9.17, 15) is 0 Å². The van der Waals surface area contributed by atoms with E-state index in [1.165, 1.54) is 11.1 Å². The highest BCUT2D eigenvalue weighted by Gasteiger charge is 2.22. The van der Waals surface area contributed by atoms with Crippen LogP contribution in [-0.2, 0) is 0 Å². The summed E-state index contributed by atoms with van der Waals surface area (Å²) in [5.41, 5.74) is 8.87. The molecule has 0 fully saturated rings. The van der Waals surface area contributed by atoms with Gasteiger partial charge in [-0.05, 0) is 39.8 Å². The second-order valence-electron chi connectivity index (χ2n) is 5.10. The number of nitrogens with zero attached hydrogens (tertiary/aromatic N) is 1. The van der Waals surface area contributed by atoms with Gasteiger partial charge in [-0.25, -0.2) is 0 Å². The number of rotatable bonds is 5. The van der Waals surface area contributed by atoms with Crippen molar-refractivity contribution in [3.63, 3.8) is 0 Å². The Balaban J connectivity index is 2.81. The molecule has 1 aromatic carbocycles. The van der Waals surface area contributed by atoms with Crippen LogP contribution >= 0.6 is 0 Å². The number of likely N-dealkylation sites (N-methyl/N-ethyl adjacent to an activating group) is 1. The van der Waals surface area contributed by atoms with Gasteiger partial charge in [-0.3, -0.25) is 4.90 Å². The van der Waals surface area contributed by atoms with Gasteiger partial charge < -0.3 is 5.73 Å². The molecule has 0 aliphatic rings. The zero-order chi connectivity index (χ0) is 13.0. The summed E-state index contributed by atoms with van der Waals surface area (Å²) in [6.07, 6.45) is 0. The lowest BCUT2D eigenvalue weighted by molar-refractivity contribution is 0.152. The molecule has 2 N–H and O–H groups in total. The molecule has 2 heteroatoms. The molecule has 0 bridgehead atoms. The number of aryl methyl sites for hydroxylation is 1. The third kappa shape index (κ3) is 3.55. The van der Waals surface area contributed by atoms with E-state index >= 15 is 0 Å². The number of nitrogens with two attached hydrogens (primary N) is 1. The van der Waals surface area contributed by atoms with Crippen molar-refractivity contribution in [2.45, 2.75) is 52.7 Å². The predicted octanol–water partition coefficient (Wildman–Crippen LogP) is 3.11. The summed E-state index contributed by atoms with van der Waals surface area (Å²) in [6, 6.07) is 9.53. The molecule has 0 aromatic heterocycles. The first-order valence-corrected chi connectivity index (χ1v) is 6.55. The zero-order valence-corrected chi connectivity index (χ0v) is 11.8. The van der Waals surface area contributed by atoms with Gasteiger partial charge in [-0.2, -0.15) is 0 Å². The van der Waals surface area contributed by atoms with E-state index in [2.05, 4.69) is 63.8 Å². The van der Waals surface area contributed by atoms with Crippen LogP contribution in [0.5, 0.6) is 0 Å². The maximum Gasteiger partial charge on any atom is 0.0450 e. The van der Waals surface area contributed by atoms with Crippen LogP contribution in [0.4, 0.5) is 0 Å². The van der Waals surface area contributed by atoms with Crippen LogP contribution in [0.2, 0.25) is 0 Å². The number of benzene rings is 1. The molecule has 0 spiro atoms. The highest BCUT2D eigenvalue weighted by molar-refractivity contribution is 5.24. The molecule has 0 saturated heterocycles. The smallest absolute Gasteiger partial charge is 0.0450 e. The van der Waals surface area contributed by atoms with E-state index < -0.39 is 0 Å². The average molecular weight is 234 g/mol. The molecule has 17 heavy (non-hydrogen) atoms. The van der Waals surface area contributed by atoms with Crippen LogP contribution in [0.1, 0.15) is 44.9 Å². The van der Waals surface area contributed by atoms with Gasteiger partial charge in [0.2, 0.25) is 0 Å². The fourth-order valence-electron chi connectivity index (χ4n) is 2.40. The summed E-state index contributed by atoms with van der Waals surface area (Å²) in [4.78, 5) is 2.44. The van der Waals surface area contributed by atoms with Gasteiger partial charge in [0.1, 0.15) is 0 Å². The van der Waals surface area contributed by atoms with Crippen molar-refractivity contribution in [3.05, 3.63) is 35.4 Å². The Morgan fingerprint density at radius 3 is 2.06 bits per heavy atom.